The maximum Gasteiger partial charge on any atom is 0.407 e. The van der Waals surface area contributed by atoms with Gasteiger partial charge in [0.15, 0.2) is 0 Å². The molecule has 1 amide bonds. The van der Waals surface area contributed by atoms with E-state index in [-0.39, 0.29) is 6.04 Å². The van der Waals surface area contributed by atoms with E-state index in [4.69, 9.17) is 4.74 Å². The van der Waals surface area contributed by atoms with Gasteiger partial charge in [0.25, 0.3) is 0 Å². The number of rotatable bonds is 1. The Bertz CT molecular complexity index is 249. The SMILES string of the molecule is CC(C)(C)OC(=O)NC1CCC(O)C(O)C1. The molecule has 1 saturated carbocycles. The highest BCUT2D eigenvalue weighted by Crippen LogP contribution is 2.19. The van der Waals surface area contributed by atoms with E-state index < -0.39 is 23.9 Å². The van der Waals surface area contributed by atoms with Gasteiger partial charge in [0, 0.05) is 6.04 Å². The van der Waals surface area contributed by atoms with Crippen LogP contribution in [0.15, 0.2) is 0 Å². The van der Waals surface area contributed by atoms with Crippen LogP contribution in [0, 0.1) is 0 Å². The maximum atomic E-state index is 11.4. The predicted molar refractivity (Wildman–Crippen MR) is 59.0 cm³/mol. The van der Waals surface area contributed by atoms with E-state index in [0.717, 1.165) is 0 Å². The fourth-order valence-electron chi connectivity index (χ4n) is 1.74. The van der Waals surface area contributed by atoms with Crippen molar-refractivity contribution in [3.63, 3.8) is 0 Å². The molecule has 1 rings (SSSR count). The van der Waals surface area contributed by atoms with Crippen LogP contribution in [-0.4, -0.2) is 40.2 Å². The summed E-state index contributed by atoms with van der Waals surface area (Å²) in [6, 6.07) is -0.117. The van der Waals surface area contributed by atoms with Crippen molar-refractivity contribution < 1.29 is 19.7 Å². The number of carbonyl (C=O) groups is 1. The van der Waals surface area contributed by atoms with Crippen molar-refractivity contribution in [3.05, 3.63) is 0 Å². The minimum absolute atomic E-state index is 0.117. The van der Waals surface area contributed by atoms with Crippen LogP contribution in [0.5, 0.6) is 0 Å². The minimum atomic E-state index is -0.756. The summed E-state index contributed by atoms with van der Waals surface area (Å²) in [6.07, 6.45) is -0.356. The van der Waals surface area contributed by atoms with Crippen molar-refractivity contribution in [2.75, 3.05) is 0 Å². The van der Waals surface area contributed by atoms with Gasteiger partial charge < -0.3 is 20.3 Å². The van der Waals surface area contributed by atoms with Gasteiger partial charge in [-0.25, -0.2) is 4.79 Å². The molecule has 3 unspecified atom stereocenters. The average Bonchev–Trinajstić information content (AvgIpc) is 2.08. The van der Waals surface area contributed by atoms with Crippen molar-refractivity contribution in [2.24, 2.45) is 0 Å². The molecule has 0 spiro atoms. The third-order valence-corrected chi connectivity index (χ3v) is 2.50. The fourth-order valence-corrected chi connectivity index (χ4v) is 1.74. The first-order valence-corrected chi connectivity index (χ1v) is 5.63. The Morgan fingerprint density at radius 1 is 1.25 bits per heavy atom. The normalized spacial score (nSPS) is 30.9. The number of carbonyl (C=O) groups excluding carboxylic acids is 1. The lowest BCUT2D eigenvalue weighted by Crippen LogP contribution is -2.46. The van der Waals surface area contributed by atoms with Crippen LogP contribution >= 0.6 is 0 Å². The van der Waals surface area contributed by atoms with Crippen LogP contribution in [0.1, 0.15) is 40.0 Å². The summed E-state index contributed by atoms with van der Waals surface area (Å²) in [7, 11) is 0. The zero-order valence-electron chi connectivity index (χ0n) is 10.1. The number of hydrogen-bond acceptors (Lipinski definition) is 4. The molecule has 0 radical (unpaired) electrons. The van der Waals surface area contributed by atoms with Crippen molar-refractivity contribution >= 4 is 6.09 Å². The molecule has 1 aliphatic carbocycles. The average molecular weight is 231 g/mol. The third-order valence-electron chi connectivity index (χ3n) is 2.50. The smallest absolute Gasteiger partial charge is 0.407 e. The highest BCUT2D eigenvalue weighted by Gasteiger charge is 2.29. The van der Waals surface area contributed by atoms with Crippen molar-refractivity contribution in [3.8, 4) is 0 Å². The fraction of sp³-hybridized carbons (Fsp3) is 0.909. The van der Waals surface area contributed by atoms with Crippen LogP contribution in [0.3, 0.4) is 0 Å². The van der Waals surface area contributed by atoms with Crippen LogP contribution < -0.4 is 5.32 Å². The van der Waals surface area contributed by atoms with Gasteiger partial charge in [0.1, 0.15) is 5.60 Å². The molecule has 0 heterocycles. The first kappa shape index (κ1) is 13.3. The van der Waals surface area contributed by atoms with E-state index in [1.54, 1.807) is 20.8 Å². The summed E-state index contributed by atoms with van der Waals surface area (Å²) >= 11 is 0. The molecule has 1 aliphatic rings. The molecule has 3 N–H and O–H groups in total. The third kappa shape index (κ3) is 4.37. The number of alkyl carbamates (subject to hydrolysis) is 1. The van der Waals surface area contributed by atoms with Gasteiger partial charge in [-0.05, 0) is 40.0 Å². The summed E-state index contributed by atoms with van der Waals surface area (Å²) in [4.78, 5) is 11.4. The zero-order valence-corrected chi connectivity index (χ0v) is 10.1. The number of ether oxygens (including phenoxy) is 1. The predicted octanol–water partition coefficient (Wildman–Crippen LogP) is 0.785. The van der Waals surface area contributed by atoms with E-state index in [0.29, 0.717) is 19.3 Å². The van der Waals surface area contributed by atoms with Gasteiger partial charge in [-0.2, -0.15) is 0 Å². The second-order valence-corrected chi connectivity index (χ2v) is 5.29. The van der Waals surface area contributed by atoms with Gasteiger partial charge >= 0.3 is 6.09 Å². The molecular formula is C11H21NO4. The molecule has 1 fully saturated rings. The summed E-state index contributed by atoms with van der Waals surface area (Å²) in [5, 5.41) is 21.5. The number of hydrogen-bond donors (Lipinski definition) is 3. The highest BCUT2D eigenvalue weighted by molar-refractivity contribution is 5.68. The lowest BCUT2D eigenvalue weighted by molar-refractivity contribution is -0.0200. The lowest BCUT2D eigenvalue weighted by Gasteiger charge is -2.31. The van der Waals surface area contributed by atoms with Gasteiger partial charge in [0.05, 0.1) is 12.2 Å². The van der Waals surface area contributed by atoms with Crippen LogP contribution in [0.4, 0.5) is 4.79 Å². The molecule has 94 valence electrons. The second-order valence-electron chi connectivity index (χ2n) is 5.29. The molecule has 3 atom stereocenters. The molecule has 0 aromatic rings. The second kappa shape index (κ2) is 5.01. The summed E-state index contributed by atoms with van der Waals surface area (Å²) < 4.78 is 5.11. The molecular weight excluding hydrogens is 210 g/mol. The van der Waals surface area contributed by atoms with Gasteiger partial charge in [-0.3, -0.25) is 0 Å². The van der Waals surface area contributed by atoms with Gasteiger partial charge in [-0.1, -0.05) is 0 Å². The van der Waals surface area contributed by atoms with Crippen molar-refractivity contribution in [1.29, 1.82) is 0 Å². The first-order valence-electron chi connectivity index (χ1n) is 5.63. The van der Waals surface area contributed by atoms with Crippen molar-refractivity contribution in [2.45, 2.75) is 63.9 Å². The summed E-state index contributed by atoms with van der Waals surface area (Å²) in [6.45, 7) is 5.39. The Balaban J connectivity index is 2.35. The Morgan fingerprint density at radius 3 is 2.38 bits per heavy atom. The standard InChI is InChI=1S/C11H21NO4/c1-11(2,3)16-10(15)12-7-4-5-8(13)9(14)6-7/h7-9,13-14H,4-6H2,1-3H3,(H,12,15). The molecule has 0 aromatic heterocycles. The topological polar surface area (TPSA) is 78.8 Å². The quantitative estimate of drug-likeness (QED) is 0.623. The van der Waals surface area contributed by atoms with E-state index >= 15 is 0 Å². The van der Waals surface area contributed by atoms with Gasteiger partial charge in [-0.15, -0.1) is 0 Å². The van der Waals surface area contributed by atoms with E-state index in [2.05, 4.69) is 5.32 Å². The number of aliphatic hydroxyl groups excluding tert-OH is 2. The molecule has 16 heavy (non-hydrogen) atoms. The molecule has 0 aromatic carbocycles. The van der Waals surface area contributed by atoms with E-state index in [1.165, 1.54) is 0 Å². The number of nitrogens with one attached hydrogen (secondary N) is 1. The number of amides is 1. The lowest BCUT2D eigenvalue weighted by atomic mass is 9.91. The van der Waals surface area contributed by atoms with E-state index in [9.17, 15) is 15.0 Å². The Hall–Kier alpha value is -0.810. The molecule has 5 nitrogen and oxygen atoms in total. The van der Waals surface area contributed by atoms with E-state index in [1.807, 2.05) is 0 Å². The molecule has 5 heteroatoms. The monoisotopic (exact) mass is 231 g/mol. The summed E-state index contributed by atoms with van der Waals surface area (Å²) in [5.74, 6) is 0. The molecule has 0 bridgehead atoms. The Labute approximate surface area is 95.8 Å². The van der Waals surface area contributed by atoms with Crippen LogP contribution in [-0.2, 0) is 4.74 Å². The van der Waals surface area contributed by atoms with Gasteiger partial charge in [0.2, 0.25) is 0 Å². The van der Waals surface area contributed by atoms with Crippen LogP contribution in [0.2, 0.25) is 0 Å². The molecule has 0 saturated heterocycles. The number of aliphatic hydroxyl groups is 2. The zero-order chi connectivity index (χ0) is 12.3. The van der Waals surface area contributed by atoms with Crippen LogP contribution in [0.25, 0.3) is 0 Å². The van der Waals surface area contributed by atoms with Crippen molar-refractivity contribution in [1.82, 2.24) is 5.32 Å². The highest BCUT2D eigenvalue weighted by atomic mass is 16.6. The maximum absolute atomic E-state index is 11.4. The minimum Gasteiger partial charge on any atom is -0.444 e. The summed E-state index contributed by atoms with van der Waals surface area (Å²) in [5.41, 5.74) is -0.517. The Kier molecular flexibility index (Phi) is 4.15. The first-order chi connectivity index (χ1) is 7.28. The largest absolute Gasteiger partial charge is 0.444 e. The Morgan fingerprint density at radius 2 is 1.88 bits per heavy atom. The molecule has 0 aliphatic heterocycles.